The summed E-state index contributed by atoms with van der Waals surface area (Å²) in [5, 5.41) is 12.6. The number of hydrogen-bond donors (Lipinski definition) is 2. The fourth-order valence-electron chi connectivity index (χ4n) is 4.51. The Morgan fingerprint density at radius 1 is 1.22 bits per heavy atom. The predicted octanol–water partition coefficient (Wildman–Crippen LogP) is 2.15. The molecule has 2 aliphatic rings. The summed E-state index contributed by atoms with van der Waals surface area (Å²) in [7, 11) is 1.32. The quantitative estimate of drug-likeness (QED) is 0.416. The van der Waals surface area contributed by atoms with Gasteiger partial charge >= 0.3 is 17.9 Å². The van der Waals surface area contributed by atoms with Crippen molar-refractivity contribution in [1.82, 2.24) is 10.3 Å². The Morgan fingerprint density at radius 2 is 1.92 bits per heavy atom. The van der Waals surface area contributed by atoms with Crippen molar-refractivity contribution in [2.24, 2.45) is 17.8 Å². The molecule has 3 rings (SSSR count). The number of carbonyl (C=O) groups excluding carboxylic acids is 4. The lowest BCUT2D eigenvalue weighted by atomic mass is 9.87. The molecule has 36 heavy (non-hydrogen) atoms. The molecule has 1 saturated heterocycles. The van der Waals surface area contributed by atoms with Crippen LogP contribution < -0.4 is 10.1 Å². The van der Waals surface area contributed by atoms with Crippen LogP contribution in [0.15, 0.2) is 12.3 Å². The minimum atomic E-state index is -1.37. The molecule has 198 valence electrons. The van der Waals surface area contributed by atoms with Crippen molar-refractivity contribution in [2.75, 3.05) is 13.7 Å². The molecule has 11 heteroatoms. The third kappa shape index (κ3) is 6.44. The van der Waals surface area contributed by atoms with E-state index in [9.17, 15) is 24.3 Å². The molecule has 1 aromatic rings. The van der Waals surface area contributed by atoms with E-state index in [2.05, 4.69) is 10.3 Å². The van der Waals surface area contributed by atoms with Crippen LogP contribution in [-0.4, -0.2) is 65.9 Å². The maximum atomic E-state index is 13.2. The number of amides is 1. The first-order valence-corrected chi connectivity index (χ1v) is 12.2. The number of aromatic hydroxyl groups is 1. The van der Waals surface area contributed by atoms with Crippen LogP contribution in [0.5, 0.6) is 11.5 Å². The van der Waals surface area contributed by atoms with Gasteiger partial charge in [-0.05, 0) is 19.3 Å². The normalized spacial score (nSPS) is 25.2. The molecule has 4 atom stereocenters. The topological polar surface area (TPSA) is 150 Å². The van der Waals surface area contributed by atoms with Crippen molar-refractivity contribution in [3.8, 4) is 11.5 Å². The molecule has 0 bridgehead atoms. The van der Waals surface area contributed by atoms with Crippen LogP contribution in [0.25, 0.3) is 0 Å². The molecule has 2 heterocycles. The molecule has 0 aromatic carbocycles. The second kappa shape index (κ2) is 12.0. The van der Waals surface area contributed by atoms with E-state index in [-0.39, 0.29) is 17.4 Å². The predicted molar refractivity (Wildman–Crippen MR) is 125 cm³/mol. The van der Waals surface area contributed by atoms with E-state index >= 15 is 0 Å². The smallest absolute Gasteiger partial charge is 0.332 e. The molecule has 11 nitrogen and oxygen atoms in total. The summed E-state index contributed by atoms with van der Waals surface area (Å²) >= 11 is 0. The van der Waals surface area contributed by atoms with Gasteiger partial charge in [-0.25, -0.2) is 9.78 Å². The largest absolute Gasteiger partial charge is 0.503 e. The van der Waals surface area contributed by atoms with Crippen LogP contribution >= 0.6 is 0 Å². The van der Waals surface area contributed by atoms with Gasteiger partial charge in [0.1, 0.15) is 12.7 Å². The summed E-state index contributed by atoms with van der Waals surface area (Å²) < 4.78 is 21.7. The molecule has 1 aromatic heterocycles. The van der Waals surface area contributed by atoms with Crippen LogP contribution in [0.3, 0.4) is 0 Å². The van der Waals surface area contributed by atoms with Crippen molar-refractivity contribution in [3.05, 3.63) is 18.0 Å². The van der Waals surface area contributed by atoms with Gasteiger partial charge in [0.15, 0.2) is 29.3 Å². The van der Waals surface area contributed by atoms with Crippen LogP contribution in [0.4, 0.5) is 0 Å². The molecule has 0 spiro atoms. The molecule has 2 N–H and O–H groups in total. The zero-order valence-corrected chi connectivity index (χ0v) is 21.0. The molecular weight excluding hydrogens is 472 g/mol. The highest BCUT2D eigenvalue weighted by Gasteiger charge is 2.43. The summed E-state index contributed by atoms with van der Waals surface area (Å²) in [5.41, 5.74) is -0.371. The van der Waals surface area contributed by atoms with E-state index in [1.54, 1.807) is 20.8 Å². The van der Waals surface area contributed by atoms with Gasteiger partial charge in [0, 0.05) is 12.3 Å². The van der Waals surface area contributed by atoms with Crippen molar-refractivity contribution in [2.45, 2.75) is 71.1 Å². The van der Waals surface area contributed by atoms with Gasteiger partial charge in [0.2, 0.25) is 0 Å². The molecular formula is C25H34N2O9. The van der Waals surface area contributed by atoms with E-state index < -0.39 is 66.3 Å². The first-order chi connectivity index (χ1) is 17.1. The van der Waals surface area contributed by atoms with Crippen LogP contribution in [0.2, 0.25) is 0 Å². The van der Waals surface area contributed by atoms with Gasteiger partial charge < -0.3 is 29.4 Å². The SMILES string of the molecule is COc1ccnc(C(=O)N[C@H]2COC(=O)[C@H](CC3CCCC3)[C@@H](OC(=O)C(C)C)[C@H](C)OC2=O)c1O. The van der Waals surface area contributed by atoms with Gasteiger partial charge in [0.05, 0.1) is 18.9 Å². The molecule has 0 unspecified atom stereocenters. The number of esters is 3. The zero-order chi connectivity index (χ0) is 26.4. The molecule has 1 amide bonds. The summed E-state index contributed by atoms with van der Waals surface area (Å²) in [5.74, 6) is -4.39. The van der Waals surface area contributed by atoms with Gasteiger partial charge in [0.25, 0.3) is 5.91 Å². The highest BCUT2D eigenvalue weighted by atomic mass is 16.6. The lowest BCUT2D eigenvalue weighted by Crippen LogP contribution is -2.47. The van der Waals surface area contributed by atoms with Gasteiger partial charge in [-0.3, -0.25) is 14.4 Å². The lowest BCUT2D eigenvalue weighted by Gasteiger charge is -2.31. The molecule has 2 fully saturated rings. The number of methoxy groups -OCH3 is 1. The Kier molecular flexibility index (Phi) is 9.11. The Hall–Kier alpha value is -3.37. The number of rotatable bonds is 7. The van der Waals surface area contributed by atoms with Crippen molar-refractivity contribution in [1.29, 1.82) is 0 Å². The van der Waals surface area contributed by atoms with Crippen molar-refractivity contribution >= 4 is 23.8 Å². The van der Waals surface area contributed by atoms with Crippen LogP contribution in [-0.2, 0) is 28.6 Å². The second-order valence-corrected chi connectivity index (χ2v) is 9.56. The number of carbonyl (C=O) groups is 4. The van der Waals surface area contributed by atoms with E-state index in [1.165, 1.54) is 19.4 Å². The van der Waals surface area contributed by atoms with Crippen molar-refractivity contribution in [3.63, 3.8) is 0 Å². The monoisotopic (exact) mass is 506 g/mol. The first kappa shape index (κ1) is 27.2. The number of nitrogens with zero attached hydrogens (tertiary/aromatic N) is 1. The fourth-order valence-corrected chi connectivity index (χ4v) is 4.51. The van der Waals surface area contributed by atoms with Crippen LogP contribution in [0.1, 0.15) is 63.4 Å². The lowest BCUT2D eigenvalue weighted by molar-refractivity contribution is -0.177. The third-order valence-corrected chi connectivity index (χ3v) is 6.55. The summed E-state index contributed by atoms with van der Waals surface area (Å²) in [6, 6.07) is -0.00429. The summed E-state index contributed by atoms with van der Waals surface area (Å²) in [6.07, 6.45) is 3.74. The molecule has 1 aliphatic carbocycles. The first-order valence-electron chi connectivity index (χ1n) is 12.2. The Labute approximate surface area is 209 Å². The standard InChI is InChI=1S/C25H34N2O9/c1-13(2)23(30)36-21-14(3)35-25(32)17(12-34-24(31)16(21)11-15-7-5-6-8-15)27-22(29)19-20(28)18(33-4)9-10-26-19/h9-10,13-17,21,28H,5-8,11-12H2,1-4H3,(H,27,29)/t14-,16+,17-,21-/m0/s1. The zero-order valence-electron chi connectivity index (χ0n) is 21.0. The van der Waals surface area contributed by atoms with Gasteiger partial charge in [-0.15, -0.1) is 0 Å². The number of aromatic nitrogens is 1. The van der Waals surface area contributed by atoms with Crippen molar-refractivity contribution < 1.29 is 43.2 Å². The minimum absolute atomic E-state index is 0.0248. The number of pyridine rings is 1. The van der Waals surface area contributed by atoms with E-state index in [0.29, 0.717) is 6.42 Å². The summed E-state index contributed by atoms with van der Waals surface area (Å²) in [6.45, 7) is 4.40. The second-order valence-electron chi connectivity index (χ2n) is 9.56. The Balaban J connectivity index is 1.83. The van der Waals surface area contributed by atoms with E-state index in [4.69, 9.17) is 18.9 Å². The fraction of sp³-hybridized carbons (Fsp3) is 0.640. The summed E-state index contributed by atoms with van der Waals surface area (Å²) in [4.78, 5) is 55.2. The average molecular weight is 507 g/mol. The number of nitrogens with one attached hydrogen (secondary N) is 1. The number of ether oxygens (including phenoxy) is 4. The maximum absolute atomic E-state index is 13.2. The Bertz CT molecular complexity index is 974. The van der Waals surface area contributed by atoms with Gasteiger partial charge in [-0.1, -0.05) is 39.5 Å². The minimum Gasteiger partial charge on any atom is -0.503 e. The number of cyclic esters (lactones) is 2. The van der Waals surface area contributed by atoms with Gasteiger partial charge in [-0.2, -0.15) is 0 Å². The number of hydrogen-bond acceptors (Lipinski definition) is 10. The highest BCUT2D eigenvalue weighted by Crippen LogP contribution is 2.34. The van der Waals surface area contributed by atoms with Crippen LogP contribution in [0, 0.1) is 17.8 Å². The molecule has 1 aliphatic heterocycles. The molecule has 1 saturated carbocycles. The highest BCUT2D eigenvalue weighted by molar-refractivity contribution is 5.98. The average Bonchev–Trinajstić information content (AvgIpc) is 3.36. The van der Waals surface area contributed by atoms with E-state index in [0.717, 1.165) is 25.7 Å². The van der Waals surface area contributed by atoms with E-state index in [1.807, 2.05) is 0 Å². The Morgan fingerprint density at radius 3 is 2.56 bits per heavy atom. The molecule has 0 radical (unpaired) electrons. The third-order valence-electron chi connectivity index (χ3n) is 6.55. The maximum Gasteiger partial charge on any atom is 0.332 e.